The first-order valence-corrected chi connectivity index (χ1v) is 7.35. The van der Waals surface area contributed by atoms with E-state index in [1.165, 1.54) is 44.9 Å². The Balaban J connectivity index is 1.64. The molecule has 0 bridgehead atoms. The number of hydrogen-bond acceptors (Lipinski definition) is 3. The van der Waals surface area contributed by atoms with Crippen molar-refractivity contribution in [3.05, 3.63) is 0 Å². The Morgan fingerprint density at radius 2 is 2.12 bits per heavy atom. The topological polar surface area (TPSA) is 30.5 Å². The summed E-state index contributed by atoms with van der Waals surface area (Å²) < 4.78 is 11.7. The zero-order valence-electron chi connectivity index (χ0n) is 11.1. The SMILES string of the molecule is CCNC1CCCC(OCC2CCCCO2)C1. The second-order valence-corrected chi connectivity index (χ2v) is 5.37. The zero-order chi connectivity index (χ0) is 11.9. The van der Waals surface area contributed by atoms with Crippen molar-refractivity contribution in [2.75, 3.05) is 19.8 Å². The Morgan fingerprint density at radius 1 is 1.18 bits per heavy atom. The van der Waals surface area contributed by atoms with E-state index in [4.69, 9.17) is 9.47 Å². The van der Waals surface area contributed by atoms with E-state index in [0.717, 1.165) is 19.8 Å². The van der Waals surface area contributed by atoms with Gasteiger partial charge in [0.2, 0.25) is 0 Å². The number of rotatable bonds is 5. The van der Waals surface area contributed by atoms with Crippen LogP contribution < -0.4 is 5.32 Å². The molecule has 0 amide bonds. The van der Waals surface area contributed by atoms with Gasteiger partial charge in [0.05, 0.1) is 18.8 Å². The maximum Gasteiger partial charge on any atom is 0.0808 e. The molecule has 2 rings (SSSR count). The van der Waals surface area contributed by atoms with Crippen LogP contribution in [0.15, 0.2) is 0 Å². The van der Waals surface area contributed by atoms with E-state index in [-0.39, 0.29) is 0 Å². The minimum atomic E-state index is 0.364. The summed E-state index contributed by atoms with van der Waals surface area (Å²) in [6.07, 6.45) is 9.56. The molecule has 1 aliphatic carbocycles. The van der Waals surface area contributed by atoms with Crippen molar-refractivity contribution in [2.45, 2.75) is 70.1 Å². The van der Waals surface area contributed by atoms with Crippen LogP contribution >= 0.6 is 0 Å². The molecule has 100 valence electrons. The quantitative estimate of drug-likeness (QED) is 0.802. The smallest absolute Gasteiger partial charge is 0.0808 e. The molecular formula is C14H27NO2. The molecule has 0 aromatic heterocycles. The Morgan fingerprint density at radius 3 is 2.88 bits per heavy atom. The molecule has 2 aliphatic rings. The normalized spacial score (nSPS) is 34.8. The minimum Gasteiger partial charge on any atom is -0.376 e. The fourth-order valence-electron chi connectivity index (χ4n) is 2.95. The average molecular weight is 241 g/mol. The van der Waals surface area contributed by atoms with Crippen LogP contribution in [0.2, 0.25) is 0 Å². The van der Waals surface area contributed by atoms with E-state index in [1.54, 1.807) is 0 Å². The molecule has 17 heavy (non-hydrogen) atoms. The van der Waals surface area contributed by atoms with E-state index in [0.29, 0.717) is 18.2 Å². The van der Waals surface area contributed by atoms with Gasteiger partial charge in [-0.2, -0.15) is 0 Å². The molecule has 0 aromatic rings. The Kier molecular flexibility index (Phi) is 5.75. The molecule has 1 aliphatic heterocycles. The predicted molar refractivity (Wildman–Crippen MR) is 69.3 cm³/mol. The third-order valence-electron chi connectivity index (χ3n) is 3.91. The van der Waals surface area contributed by atoms with Crippen molar-refractivity contribution in [1.82, 2.24) is 5.32 Å². The predicted octanol–water partition coefficient (Wildman–Crippen LogP) is 2.49. The van der Waals surface area contributed by atoms with Crippen LogP contribution in [0.1, 0.15) is 51.9 Å². The van der Waals surface area contributed by atoms with Gasteiger partial charge in [-0.15, -0.1) is 0 Å². The lowest BCUT2D eigenvalue weighted by molar-refractivity contribution is -0.0722. The molecule has 3 nitrogen and oxygen atoms in total. The van der Waals surface area contributed by atoms with Gasteiger partial charge in [-0.1, -0.05) is 6.92 Å². The van der Waals surface area contributed by atoms with Gasteiger partial charge in [0, 0.05) is 12.6 Å². The van der Waals surface area contributed by atoms with Crippen molar-refractivity contribution in [3.63, 3.8) is 0 Å². The van der Waals surface area contributed by atoms with E-state index < -0.39 is 0 Å². The summed E-state index contributed by atoms with van der Waals surface area (Å²) in [6.45, 7) is 4.99. The van der Waals surface area contributed by atoms with E-state index in [2.05, 4.69) is 12.2 Å². The molecule has 3 atom stereocenters. The van der Waals surface area contributed by atoms with Crippen molar-refractivity contribution < 1.29 is 9.47 Å². The molecule has 1 saturated carbocycles. The van der Waals surface area contributed by atoms with Crippen molar-refractivity contribution >= 4 is 0 Å². The Hall–Kier alpha value is -0.120. The van der Waals surface area contributed by atoms with Gasteiger partial charge in [0.1, 0.15) is 0 Å². The Labute approximate surface area is 105 Å². The minimum absolute atomic E-state index is 0.364. The highest BCUT2D eigenvalue weighted by Gasteiger charge is 2.23. The lowest BCUT2D eigenvalue weighted by Crippen LogP contribution is -2.38. The number of hydrogen-bond donors (Lipinski definition) is 1. The highest BCUT2D eigenvalue weighted by atomic mass is 16.5. The van der Waals surface area contributed by atoms with Crippen LogP contribution in [0.4, 0.5) is 0 Å². The zero-order valence-corrected chi connectivity index (χ0v) is 11.1. The van der Waals surface area contributed by atoms with Crippen LogP contribution in [0.5, 0.6) is 0 Å². The molecular weight excluding hydrogens is 214 g/mol. The standard InChI is InChI=1S/C14H27NO2/c1-2-15-12-6-5-8-13(10-12)17-11-14-7-3-4-9-16-14/h12-15H,2-11H2,1H3. The molecule has 3 unspecified atom stereocenters. The summed E-state index contributed by atoms with van der Waals surface area (Å²) in [5.74, 6) is 0. The monoisotopic (exact) mass is 241 g/mol. The average Bonchev–Trinajstić information content (AvgIpc) is 2.39. The van der Waals surface area contributed by atoms with Crippen molar-refractivity contribution in [1.29, 1.82) is 0 Å². The Bertz CT molecular complexity index is 202. The largest absolute Gasteiger partial charge is 0.376 e. The van der Waals surface area contributed by atoms with Crippen LogP contribution in [0, 0.1) is 0 Å². The van der Waals surface area contributed by atoms with Gasteiger partial charge in [-0.25, -0.2) is 0 Å². The first-order valence-electron chi connectivity index (χ1n) is 7.35. The summed E-state index contributed by atoms with van der Waals surface area (Å²) in [5, 5.41) is 3.54. The molecule has 0 radical (unpaired) electrons. The maximum atomic E-state index is 6.03. The molecule has 1 N–H and O–H groups in total. The van der Waals surface area contributed by atoms with Crippen LogP contribution in [-0.4, -0.2) is 38.0 Å². The van der Waals surface area contributed by atoms with Gasteiger partial charge < -0.3 is 14.8 Å². The van der Waals surface area contributed by atoms with E-state index >= 15 is 0 Å². The van der Waals surface area contributed by atoms with E-state index in [9.17, 15) is 0 Å². The second kappa shape index (κ2) is 7.34. The fourth-order valence-corrected chi connectivity index (χ4v) is 2.95. The third-order valence-corrected chi connectivity index (χ3v) is 3.91. The summed E-state index contributed by atoms with van der Waals surface area (Å²) in [4.78, 5) is 0. The van der Waals surface area contributed by atoms with Gasteiger partial charge >= 0.3 is 0 Å². The van der Waals surface area contributed by atoms with Gasteiger partial charge in [0.25, 0.3) is 0 Å². The molecule has 2 fully saturated rings. The highest BCUT2D eigenvalue weighted by Crippen LogP contribution is 2.22. The summed E-state index contributed by atoms with van der Waals surface area (Å²) in [5.41, 5.74) is 0. The lowest BCUT2D eigenvalue weighted by atomic mass is 9.93. The lowest BCUT2D eigenvalue weighted by Gasteiger charge is -2.31. The van der Waals surface area contributed by atoms with E-state index in [1.807, 2.05) is 0 Å². The van der Waals surface area contributed by atoms with Gasteiger partial charge in [-0.3, -0.25) is 0 Å². The molecule has 1 saturated heterocycles. The van der Waals surface area contributed by atoms with Crippen LogP contribution in [0.3, 0.4) is 0 Å². The van der Waals surface area contributed by atoms with Crippen LogP contribution in [-0.2, 0) is 9.47 Å². The first-order chi connectivity index (χ1) is 8.38. The fraction of sp³-hybridized carbons (Fsp3) is 1.00. The summed E-state index contributed by atoms with van der Waals surface area (Å²) in [7, 11) is 0. The maximum absolute atomic E-state index is 6.03. The van der Waals surface area contributed by atoms with Crippen LogP contribution in [0.25, 0.3) is 0 Å². The van der Waals surface area contributed by atoms with Gasteiger partial charge in [-0.05, 0) is 51.5 Å². The third kappa shape index (κ3) is 4.57. The van der Waals surface area contributed by atoms with Crippen molar-refractivity contribution in [2.24, 2.45) is 0 Å². The molecule has 1 heterocycles. The number of nitrogens with one attached hydrogen (secondary N) is 1. The second-order valence-electron chi connectivity index (χ2n) is 5.37. The highest BCUT2D eigenvalue weighted by molar-refractivity contribution is 4.78. The summed E-state index contributed by atoms with van der Waals surface area (Å²) in [6, 6.07) is 0.672. The molecule has 3 heteroatoms. The molecule has 0 aromatic carbocycles. The number of ether oxygens (including phenoxy) is 2. The molecule has 0 spiro atoms. The summed E-state index contributed by atoms with van der Waals surface area (Å²) >= 11 is 0. The van der Waals surface area contributed by atoms with Gasteiger partial charge in [0.15, 0.2) is 0 Å². The van der Waals surface area contributed by atoms with Crippen molar-refractivity contribution in [3.8, 4) is 0 Å². The first kappa shape index (κ1) is 13.3.